The molecular weight excluding hydrogens is 294 g/mol. The van der Waals surface area contributed by atoms with E-state index in [1.165, 1.54) is 18.4 Å². The summed E-state index contributed by atoms with van der Waals surface area (Å²) in [5, 5.41) is 0. The summed E-state index contributed by atoms with van der Waals surface area (Å²) >= 11 is 1.74. The lowest BCUT2D eigenvalue weighted by molar-refractivity contribution is 0.520. The van der Waals surface area contributed by atoms with E-state index in [-0.39, 0.29) is 10.9 Å². The van der Waals surface area contributed by atoms with Gasteiger partial charge in [-0.2, -0.15) is 11.8 Å². The third-order valence-electron chi connectivity index (χ3n) is 3.23. The molecule has 7 heteroatoms. The Labute approximate surface area is 126 Å². The fourth-order valence-electron chi connectivity index (χ4n) is 1.79. The Morgan fingerprint density at radius 2 is 1.90 bits per heavy atom. The van der Waals surface area contributed by atoms with Crippen LogP contribution < -0.4 is 10.6 Å². The van der Waals surface area contributed by atoms with Crippen LogP contribution >= 0.6 is 11.8 Å². The van der Waals surface area contributed by atoms with Crippen LogP contribution in [0, 0.1) is 0 Å². The highest BCUT2D eigenvalue weighted by Crippen LogP contribution is 2.28. The maximum atomic E-state index is 12.2. The van der Waals surface area contributed by atoms with E-state index < -0.39 is 10.0 Å². The average molecular weight is 317 g/mol. The number of nitrogen functional groups attached to an aromatic ring is 1. The number of hydrogen-bond acceptors (Lipinski definition) is 5. The predicted octanol–water partition coefficient (Wildman–Crippen LogP) is 1.71. The Balaban J connectivity index is 3.23. The number of anilines is 2. The number of rotatable bonds is 6. The van der Waals surface area contributed by atoms with Crippen molar-refractivity contribution in [1.29, 1.82) is 0 Å². The largest absolute Gasteiger partial charge is 0.397 e. The Kier molecular flexibility index (Phi) is 5.73. The molecule has 0 aliphatic heterocycles. The van der Waals surface area contributed by atoms with Crippen molar-refractivity contribution >= 4 is 33.2 Å². The van der Waals surface area contributed by atoms with E-state index in [2.05, 4.69) is 6.92 Å². The van der Waals surface area contributed by atoms with Gasteiger partial charge in [-0.3, -0.25) is 0 Å². The highest BCUT2D eigenvalue weighted by molar-refractivity contribution is 7.98. The van der Waals surface area contributed by atoms with Gasteiger partial charge in [-0.15, -0.1) is 0 Å². The molecule has 0 saturated heterocycles. The topological polar surface area (TPSA) is 66.6 Å². The van der Waals surface area contributed by atoms with Crippen LogP contribution in [-0.4, -0.2) is 51.9 Å². The van der Waals surface area contributed by atoms with Gasteiger partial charge in [0.05, 0.1) is 16.3 Å². The summed E-state index contributed by atoms with van der Waals surface area (Å²) in [7, 11) is 1.53. The standard InChI is InChI=1S/C13H23N3O2S2/c1-10(9-19-5)16(4)13-8-11(6-7-12(13)14)20(17,18)15(2)3/h6-8,10H,9,14H2,1-5H3. The van der Waals surface area contributed by atoms with Crippen LogP contribution in [0.4, 0.5) is 11.4 Å². The van der Waals surface area contributed by atoms with E-state index in [4.69, 9.17) is 5.73 Å². The van der Waals surface area contributed by atoms with E-state index in [1.807, 2.05) is 18.2 Å². The monoisotopic (exact) mass is 317 g/mol. The van der Waals surface area contributed by atoms with E-state index >= 15 is 0 Å². The minimum Gasteiger partial charge on any atom is -0.397 e. The molecule has 1 aromatic carbocycles. The lowest BCUT2D eigenvalue weighted by Crippen LogP contribution is -2.31. The number of hydrogen-bond donors (Lipinski definition) is 1. The number of thioether (sulfide) groups is 1. The number of sulfonamides is 1. The fourth-order valence-corrected chi connectivity index (χ4v) is 3.42. The first-order valence-corrected chi connectivity index (χ1v) is 9.09. The van der Waals surface area contributed by atoms with E-state index in [9.17, 15) is 8.42 Å². The smallest absolute Gasteiger partial charge is 0.242 e. The van der Waals surface area contributed by atoms with Crippen LogP contribution in [0.3, 0.4) is 0 Å². The second kappa shape index (κ2) is 6.69. The minimum absolute atomic E-state index is 0.259. The van der Waals surface area contributed by atoms with Crippen LogP contribution in [-0.2, 0) is 10.0 Å². The van der Waals surface area contributed by atoms with Crippen molar-refractivity contribution in [3.63, 3.8) is 0 Å². The normalized spacial score (nSPS) is 13.5. The summed E-state index contributed by atoms with van der Waals surface area (Å²) in [6, 6.07) is 5.10. The first-order valence-electron chi connectivity index (χ1n) is 6.25. The van der Waals surface area contributed by atoms with E-state index in [1.54, 1.807) is 30.0 Å². The molecule has 2 N–H and O–H groups in total. The van der Waals surface area contributed by atoms with Gasteiger partial charge in [0, 0.05) is 32.9 Å². The molecule has 1 unspecified atom stereocenters. The lowest BCUT2D eigenvalue weighted by Gasteiger charge is -2.28. The maximum Gasteiger partial charge on any atom is 0.242 e. The molecule has 1 aromatic rings. The number of nitrogens with zero attached hydrogens (tertiary/aromatic N) is 2. The van der Waals surface area contributed by atoms with Crippen molar-refractivity contribution in [3.8, 4) is 0 Å². The van der Waals surface area contributed by atoms with Crippen molar-refractivity contribution in [2.75, 3.05) is 43.8 Å². The molecule has 0 aliphatic rings. The number of nitrogens with two attached hydrogens (primary N) is 1. The molecule has 0 aliphatic carbocycles. The minimum atomic E-state index is -3.44. The zero-order valence-electron chi connectivity index (χ0n) is 12.6. The zero-order valence-corrected chi connectivity index (χ0v) is 14.3. The molecule has 0 saturated carbocycles. The fraction of sp³-hybridized carbons (Fsp3) is 0.538. The van der Waals surface area contributed by atoms with Crippen LogP contribution in [0.25, 0.3) is 0 Å². The molecule has 20 heavy (non-hydrogen) atoms. The zero-order chi connectivity index (χ0) is 15.5. The summed E-state index contributed by atoms with van der Waals surface area (Å²) < 4.78 is 25.6. The lowest BCUT2D eigenvalue weighted by atomic mass is 10.2. The first-order chi connectivity index (χ1) is 9.21. The Morgan fingerprint density at radius 3 is 2.40 bits per heavy atom. The van der Waals surface area contributed by atoms with Crippen molar-refractivity contribution in [2.24, 2.45) is 0 Å². The Morgan fingerprint density at radius 1 is 1.30 bits per heavy atom. The molecule has 114 valence electrons. The van der Waals surface area contributed by atoms with Gasteiger partial charge < -0.3 is 10.6 Å². The number of benzene rings is 1. The third kappa shape index (κ3) is 3.59. The van der Waals surface area contributed by atoms with Gasteiger partial charge in [-0.25, -0.2) is 12.7 Å². The quantitative estimate of drug-likeness (QED) is 0.809. The van der Waals surface area contributed by atoms with Gasteiger partial charge in [-0.1, -0.05) is 0 Å². The van der Waals surface area contributed by atoms with Crippen LogP contribution in [0.15, 0.2) is 23.1 Å². The summed E-state index contributed by atoms with van der Waals surface area (Å²) in [6.07, 6.45) is 2.04. The van der Waals surface area contributed by atoms with Gasteiger partial charge in [0.2, 0.25) is 10.0 Å². The SMILES string of the molecule is CSCC(C)N(C)c1cc(S(=O)(=O)N(C)C)ccc1N. The van der Waals surface area contributed by atoms with Crippen molar-refractivity contribution < 1.29 is 8.42 Å². The second-order valence-electron chi connectivity index (χ2n) is 4.92. The van der Waals surface area contributed by atoms with Gasteiger partial charge in [-0.05, 0) is 31.4 Å². The molecular formula is C13H23N3O2S2. The summed E-state index contributed by atoms with van der Waals surface area (Å²) in [4.78, 5) is 2.27. The molecule has 0 fully saturated rings. The van der Waals surface area contributed by atoms with Gasteiger partial charge >= 0.3 is 0 Å². The van der Waals surface area contributed by atoms with Crippen LogP contribution in [0.1, 0.15) is 6.92 Å². The molecule has 0 radical (unpaired) electrons. The van der Waals surface area contributed by atoms with E-state index in [0.29, 0.717) is 5.69 Å². The third-order valence-corrected chi connectivity index (χ3v) is 5.86. The molecule has 0 heterocycles. The average Bonchev–Trinajstić information content (AvgIpc) is 2.38. The van der Waals surface area contributed by atoms with Crippen molar-refractivity contribution in [2.45, 2.75) is 17.9 Å². The molecule has 0 spiro atoms. The highest BCUT2D eigenvalue weighted by atomic mass is 32.2. The van der Waals surface area contributed by atoms with Gasteiger partial charge in [0.25, 0.3) is 0 Å². The maximum absolute atomic E-state index is 12.2. The Bertz CT molecular complexity index is 559. The van der Waals surface area contributed by atoms with Gasteiger partial charge in [0.15, 0.2) is 0 Å². The molecule has 0 bridgehead atoms. The second-order valence-corrected chi connectivity index (χ2v) is 7.99. The molecule has 0 amide bonds. The molecule has 1 atom stereocenters. The molecule has 0 aromatic heterocycles. The van der Waals surface area contributed by atoms with Gasteiger partial charge in [0.1, 0.15) is 0 Å². The predicted molar refractivity (Wildman–Crippen MR) is 88.0 cm³/mol. The summed E-state index contributed by atoms with van der Waals surface area (Å²) in [6.45, 7) is 2.09. The van der Waals surface area contributed by atoms with Crippen LogP contribution in [0.5, 0.6) is 0 Å². The molecule has 5 nitrogen and oxygen atoms in total. The first kappa shape index (κ1) is 17.1. The molecule has 1 rings (SSSR count). The highest BCUT2D eigenvalue weighted by Gasteiger charge is 2.20. The Hall–Kier alpha value is -0.920. The summed E-state index contributed by atoms with van der Waals surface area (Å²) in [5.74, 6) is 0.945. The van der Waals surface area contributed by atoms with Crippen molar-refractivity contribution in [1.82, 2.24) is 4.31 Å². The van der Waals surface area contributed by atoms with Crippen LogP contribution in [0.2, 0.25) is 0 Å². The summed E-state index contributed by atoms with van der Waals surface area (Å²) in [5.41, 5.74) is 7.31. The van der Waals surface area contributed by atoms with Crippen molar-refractivity contribution in [3.05, 3.63) is 18.2 Å². The van der Waals surface area contributed by atoms with E-state index in [0.717, 1.165) is 11.4 Å².